The van der Waals surface area contributed by atoms with Gasteiger partial charge in [-0.1, -0.05) is 12.1 Å². The normalized spacial score (nSPS) is 15.2. The number of rotatable bonds is 5. The number of hydrogen-bond acceptors (Lipinski definition) is 4. The first-order valence-electron chi connectivity index (χ1n) is 10.1. The van der Waals surface area contributed by atoms with Crippen molar-refractivity contribution < 1.29 is 36.6 Å². The van der Waals surface area contributed by atoms with Gasteiger partial charge < -0.3 is 20.1 Å². The van der Waals surface area contributed by atoms with Gasteiger partial charge in [0.15, 0.2) is 5.75 Å². The van der Waals surface area contributed by atoms with Crippen LogP contribution < -0.4 is 20.1 Å². The molecular weight excluding hydrogens is 456 g/mol. The fourth-order valence-electron chi connectivity index (χ4n) is 3.58. The third-order valence-corrected chi connectivity index (χ3v) is 5.20. The zero-order valence-corrected chi connectivity index (χ0v) is 17.7. The predicted molar refractivity (Wildman–Crippen MR) is 116 cm³/mol. The van der Waals surface area contributed by atoms with E-state index in [1.54, 1.807) is 18.2 Å². The molecule has 0 spiro atoms. The number of carbonyl (C=O) groups excluding carboxylic acids is 2. The Hall–Kier alpha value is -4.08. The zero-order chi connectivity index (χ0) is 24.5. The summed E-state index contributed by atoms with van der Waals surface area (Å²) in [6, 6.07) is 12.6. The predicted octanol–water partition coefficient (Wildman–Crippen LogP) is 5.71. The lowest BCUT2D eigenvalue weighted by Crippen LogP contribution is -2.31. The summed E-state index contributed by atoms with van der Waals surface area (Å²) in [5, 5.41) is 4.94. The minimum absolute atomic E-state index is 0.0470. The molecule has 4 rings (SSSR count). The number of anilines is 2. The van der Waals surface area contributed by atoms with Gasteiger partial charge in [0.1, 0.15) is 17.3 Å². The molecule has 0 bridgehead atoms. The Morgan fingerprint density at radius 3 is 2.56 bits per heavy atom. The number of carbonyl (C=O) groups is 2. The molecule has 0 aliphatic carbocycles. The van der Waals surface area contributed by atoms with Crippen molar-refractivity contribution in [2.45, 2.75) is 18.5 Å². The fourth-order valence-corrected chi connectivity index (χ4v) is 3.58. The van der Waals surface area contributed by atoms with E-state index in [0.717, 1.165) is 30.3 Å². The van der Waals surface area contributed by atoms with Gasteiger partial charge in [-0.3, -0.25) is 9.59 Å². The van der Waals surface area contributed by atoms with Crippen molar-refractivity contribution in [1.82, 2.24) is 0 Å². The van der Waals surface area contributed by atoms with Crippen LogP contribution in [-0.4, -0.2) is 18.9 Å². The van der Waals surface area contributed by atoms with Crippen molar-refractivity contribution >= 4 is 23.2 Å². The summed E-state index contributed by atoms with van der Waals surface area (Å²) in [4.78, 5) is 25.1. The van der Waals surface area contributed by atoms with Crippen LogP contribution in [0.25, 0.3) is 0 Å². The molecule has 0 saturated heterocycles. The monoisotopic (exact) mass is 474 g/mol. The molecule has 0 fully saturated rings. The van der Waals surface area contributed by atoms with E-state index < -0.39 is 35.3 Å². The van der Waals surface area contributed by atoms with Crippen molar-refractivity contribution in [3.63, 3.8) is 0 Å². The maximum atomic E-state index is 13.6. The van der Waals surface area contributed by atoms with Crippen molar-refractivity contribution in [3.8, 4) is 17.2 Å². The molecule has 10 heteroatoms. The summed E-state index contributed by atoms with van der Waals surface area (Å²) >= 11 is 0. The van der Waals surface area contributed by atoms with E-state index in [-0.39, 0.29) is 29.3 Å². The van der Waals surface area contributed by atoms with Crippen LogP contribution in [-0.2, 0) is 15.8 Å². The highest BCUT2D eigenvalue weighted by molar-refractivity contribution is 6.05. The summed E-state index contributed by atoms with van der Waals surface area (Å²) in [6.45, 7) is 0. The summed E-state index contributed by atoms with van der Waals surface area (Å²) in [7, 11) is 1.45. The van der Waals surface area contributed by atoms with Crippen LogP contribution in [0.1, 0.15) is 23.5 Å². The lowest BCUT2D eigenvalue weighted by atomic mass is 9.89. The van der Waals surface area contributed by atoms with Crippen LogP contribution in [0.15, 0.2) is 60.7 Å². The molecule has 3 aromatic carbocycles. The zero-order valence-electron chi connectivity index (χ0n) is 17.7. The maximum absolute atomic E-state index is 13.6. The lowest BCUT2D eigenvalue weighted by molar-refractivity contribution is -0.137. The highest BCUT2D eigenvalue weighted by atomic mass is 19.4. The first-order chi connectivity index (χ1) is 16.1. The average Bonchev–Trinajstić information content (AvgIpc) is 2.78. The molecular formula is C24H18F4N2O4. The molecule has 1 heterocycles. The molecule has 2 N–H and O–H groups in total. The van der Waals surface area contributed by atoms with Crippen LogP contribution in [0.5, 0.6) is 17.2 Å². The van der Waals surface area contributed by atoms with Crippen LogP contribution in [0, 0.1) is 5.82 Å². The maximum Gasteiger partial charge on any atom is 0.416 e. The van der Waals surface area contributed by atoms with Crippen molar-refractivity contribution in [1.29, 1.82) is 0 Å². The minimum atomic E-state index is -4.66. The van der Waals surface area contributed by atoms with Crippen molar-refractivity contribution in [3.05, 3.63) is 77.6 Å². The Morgan fingerprint density at radius 1 is 1.06 bits per heavy atom. The van der Waals surface area contributed by atoms with E-state index in [1.165, 1.54) is 19.2 Å². The summed E-state index contributed by atoms with van der Waals surface area (Å²) in [5.74, 6) is -2.21. The second-order valence-corrected chi connectivity index (χ2v) is 7.52. The third kappa shape index (κ3) is 4.95. The van der Waals surface area contributed by atoms with Gasteiger partial charge in [-0.05, 0) is 48.0 Å². The molecule has 0 unspecified atom stereocenters. The Labute approximate surface area is 191 Å². The second-order valence-electron chi connectivity index (χ2n) is 7.52. The van der Waals surface area contributed by atoms with Gasteiger partial charge in [0.2, 0.25) is 11.8 Å². The summed E-state index contributed by atoms with van der Waals surface area (Å²) in [6.07, 6.45) is -4.92. The first-order valence-corrected chi connectivity index (χ1v) is 10.1. The number of alkyl halides is 3. The van der Waals surface area contributed by atoms with Crippen molar-refractivity contribution in [2.75, 3.05) is 17.7 Å². The summed E-state index contributed by atoms with van der Waals surface area (Å²) < 4.78 is 64.5. The van der Waals surface area contributed by atoms with E-state index in [0.29, 0.717) is 11.3 Å². The number of amides is 2. The number of methoxy groups -OCH3 is 1. The average molecular weight is 474 g/mol. The number of fused-ring (bicyclic) bond motifs is 1. The molecule has 34 heavy (non-hydrogen) atoms. The lowest BCUT2D eigenvalue weighted by Gasteiger charge is -2.25. The molecule has 3 aromatic rings. The van der Waals surface area contributed by atoms with E-state index in [2.05, 4.69) is 10.6 Å². The number of ether oxygens (including phenoxy) is 2. The Balaban J connectivity index is 1.68. The Kier molecular flexibility index (Phi) is 6.14. The highest BCUT2D eigenvalue weighted by Crippen LogP contribution is 2.39. The Bertz CT molecular complexity index is 1260. The van der Waals surface area contributed by atoms with E-state index >= 15 is 0 Å². The minimum Gasteiger partial charge on any atom is -0.497 e. The van der Waals surface area contributed by atoms with Gasteiger partial charge in [0, 0.05) is 18.2 Å². The number of hydrogen-bond donors (Lipinski definition) is 2. The van der Waals surface area contributed by atoms with E-state index in [4.69, 9.17) is 9.47 Å². The van der Waals surface area contributed by atoms with Crippen LogP contribution in [0.2, 0.25) is 0 Å². The van der Waals surface area contributed by atoms with Crippen LogP contribution in [0.3, 0.4) is 0 Å². The van der Waals surface area contributed by atoms with E-state index in [1.807, 2.05) is 0 Å². The first kappa shape index (κ1) is 23.1. The molecule has 1 atom stereocenters. The molecule has 1 aliphatic heterocycles. The van der Waals surface area contributed by atoms with E-state index in [9.17, 15) is 27.2 Å². The van der Waals surface area contributed by atoms with Crippen LogP contribution >= 0.6 is 0 Å². The topological polar surface area (TPSA) is 76.7 Å². The van der Waals surface area contributed by atoms with Gasteiger partial charge in [0.25, 0.3) is 0 Å². The fraction of sp³-hybridized carbons (Fsp3) is 0.167. The van der Waals surface area contributed by atoms with Gasteiger partial charge in [-0.2, -0.15) is 13.2 Å². The summed E-state index contributed by atoms with van der Waals surface area (Å²) in [5.41, 5.74) is -0.754. The second kappa shape index (κ2) is 9.05. The largest absolute Gasteiger partial charge is 0.497 e. The molecule has 0 saturated carbocycles. The van der Waals surface area contributed by atoms with Gasteiger partial charge in [-0.15, -0.1) is 0 Å². The van der Waals surface area contributed by atoms with Crippen molar-refractivity contribution in [2.24, 2.45) is 0 Å². The quantitative estimate of drug-likeness (QED) is 0.465. The SMILES string of the molecule is COc1cccc(Oc2ccc(C(F)(F)F)cc2NC(=O)[C@H]2CC(=O)Nc3cc(F)ccc32)c1. The highest BCUT2D eigenvalue weighted by Gasteiger charge is 2.34. The smallest absolute Gasteiger partial charge is 0.416 e. The van der Waals surface area contributed by atoms with Gasteiger partial charge in [-0.25, -0.2) is 4.39 Å². The third-order valence-electron chi connectivity index (χ3n) is 5.20. The molecule has 0 aromatic heterocycles. The van der Waals surface area contributed by atoms with Gasteiger partial charge >= 0.3 is 6.18 Å². The number of halogens is 4. The molecule has 0 radical (unpaired) electrons. The van der Waals surface area contributed by atoms with Gasteiger partial charge in [0.05, 0.1) is 24.3 Å². The number of benzene rings is 3. The molecule has 6 nitrogen and oxygen atoms in total. The molecule has 2 amide bonds. The number of nitrogens with one attached hydrogen (secondary N) is 2. The van der Waals surface area contributed by atoms with Crippen LogP contribution in [0.4, 0.5) is 28.9 Å². The Morgan fingerprint density at radius 2 is 1.82 bits per heavy atom. The standard InChI is InChI=1S/C24H18F4N2O4/c1-33-15-3-2-4-16(11-15)34-21-8-5-13(24(26,27)28)9-20(21)30-23(32)18-12-22(31)29-19-10-14(25)6-7-17(18)19/h2-11,18H,12H2,1H3,(H,29,31)(H,30,32)/t18-/m0/s1. The molecule has 176 valence electrons. The molecule has 1 aliphatic rings.